The van der Waals surface area contributed by atoms with Crippen molar-refractivity contribution in [1.29, 1.82) is 0 Å². The summed E-state index contributed by atoms with van der Waals surface area (Å²) in [6.45, 7) is 7.86. The Morgan fingerprint density at radius 1 is 0.655 bits per heavy atom. The Morgan fingerprint density at radius 3 is 1.62 bits per heavy atom. The third-order valence-corrected chi connectivity index (χ3v) is 7.37. The maximum absolute atomic E-state index is 14.9. The minimum Gasteiger partial charge on any atom is -0.206 e. The van der Waals surface area contributed by atoms with Crippen LogP contribution < -0.4 is 0 Å². The molecule has 2 aliphatic rings. The lowest BCUT2D eigenvalue weighted by Crippen LogP contribution is -2.11. The van der Waals surface area contributed by atoms with Gasteiger partial charge in [0.15, 0.2) is 0 Å². The van der Waals surface area contributed by atoms with E-state index < -0.39 is 0 Å². The lowest BCUT2D eigenvalue weighted by molar-refractivity contribution is 0.375. The average Bonchev–Trinajstić information content (AvgIpc) is 2.79. The van der Waals surface area contributed by atoms with Gasteiger partial charge in [-0.2, -0.15) is 0 Å². The molecule has 4 rings (SSSR count). The van der Waals surface area contributed by atoms with Crippen LogP contribution >= 0.6 is 0 Å². The summed E-state index contributed by atoms with van der Waals surface area (Å²) in [5, 5.41) is 0. The van der Waals surface area contributed by atoms with Crippen molar-refractivity contribution in [2.75, 3.05) is 0 Å². The number of rotatable bonds is 5. The van der Waals surface area contributed by atoms with Crippen LogP contribution in [0.2, 0.25) is 0 Å². The topological polar surface area (TPSA) is 0 Å². The highest BCUT2D eigenvalue weighted by molar-refractivity contribution is 5.65. The fourth-order valence-corrected chi connectivity index (χ4v) is 5.33. The lowest BCUT2D eigenvalue weighted by Gasteiger charge is -2.27. The summed E-state index contributed by atoms with van der Waals surface area (Å²) >= 11 is 0. The molecule has 2 aromatic rings. The van der Waals surface area contributed by atoms with Crippen LogP contribution in [0.15, 0.2) is 67.8 Å². The van der Waals surface area contributed by atoms with Gasteiger partial charge in [0.25, 0.3) is 0 Å². The first-order valence-electron chi connectivity index (χ1n) is 11.3. The smallest absolute Gasteiger partial charge is 0.131 e. The molecule has 0 radical (unpaired) electrons. The Balaban J connectivity index is 1.44. The van der Waals surface area contributed by atoms with Crippen molar-refractivity contribution < 1.29 is 4.39 Å². The zero-order valence-electron chi connectivity index (χ0n) is 17.5. The first-order valence-corrected chi connectivity index (χ1v) is 11.3. The second-order valence-electron chi connectivity index (χ2n) is 9.06. The van der Waals surface area contributed by atoms with Gasteiger partial charge < -0.3 is 0 Å². The predicted octanol–water partition coefficient (Wildman–Crippen LogP) is 8.41. The molecule has 0 atom stereocenters. The van der Waals surface area contributed by atoms with Crippen LogP contribution in [-0.2, 0) is 0 Å². The van der Waals surface area contributed by atoms with Crippen molar-refractivity contribution in [3.05, 3.63) is 84.7 Å². The van der Waals surface area contributed by atoms with Crippen LogP contribution in [0, 0.1) is 17.7 Å². The molecule has 2 aliphatic carbocycles. The fourth-order valence-electron chi connectivity index (χ4n) is 5.33. The Kier molecular flexibility index (Phi) is 6.33. The highest BCUT2D eigenvalue weighted by Crippen LogP contribution is 2.39. The minimum atomic E-state index is -0.0902. The molecule has 0 bridgehead atoms. The quantitative estimate of drug-likeness (QED) is 0.451. The zero-order chi connectivity index (χ0) is 20.2. The highest BCUT2D eigenvalue weighted by Gasteiger charge is 2.22. The standard InChI is InChI=1S/C28H33F/c1-3-20-5-9-22(10-6-20)23-13-15-25(16-14-23)27-18-17-26(19-28(27)29)24-11-7-21(4-2)8-12-24/h3-4,13-22,24H,1-2,5-12H2. The molecular weight excluding hydrogens is 355 g/mol. The van der Waals surface area contributed by atoms with Crippen molar-refractivity contribution in [3.8, 4) is 11.1 Å². The molecule has 0 nitrogen and oxygen atoms in total. The Labute approximate surface area is 175 Å². The number of hydrogen-bond donors (Lipinski definition) is 0. The van der Waals surface area contributed by atoms with Crippen LogP contribution in [0.4, 0.5) is 4.39 Å². The Bertz CT molecular complexity index is 831. The van der Waals surface area contributed by atoms with Crippen molar-refractivity contribution >= 4 is 0 Å². The van der Waals surface area contributed by atoms with Gasteiger partial charge in [-0.15, -0.1) is 13.2 Å². The molecule has 0 N–H and O–H groups in total. The van der Waals surface area contributed by atoms with E-state index in [0.29, 0.717) is 23.7 Å². The minimum absolute atomic E-state index is 0.0902. The first kappa shape index (κ1) is 20.1. The zero-order valence-corrected chi connectivity index (χ0v) is 17.5. The van der Waals surface area contributed by atoms with E-state index in [9.17, 15) is 4.39 Å². The molecule has 29 heavy (non-hydrogen) atoms. The molecule has 0 spiro atoms. The maximum Gasteiger partial charge on any atom is 0.131 e. The van der Waals surface area contributed by atoms with E-state index in [2.05, 4.69) is 55.6 Å². The molecule has 0 aliphatic heterocycles. The molecule has 0 aromatic heterocycles. The summed E-state index contributed by atoms with van der Waals surface area (Å²) in [4.78, 5) is 0. The SMILES string of the molecule is C=CC1CCC(c2ccc(-c3ccc(C4CCC(C=C)CC4)cc3F)cc2)CC1. The van der Waals surface area contributed by atoms with Crippen LogP contribution in [0.3, 0.4) is 0 Å². The summed E-state index contributed by atoms with van der Waals surface area (Å²) in [5.41, 5.74) is 4.25. The van der Waals surface area contributed by atoms with Crippen molar-refractivity contribution in [2.24, 2.45) is 11.8 Å². The van der Waals surface area contributed by atoms with Crippen LogP contribution in [0.1, 0.15) is 74.3 Å². The van der Waals surface area contributed by atoms with Crippen molar-refractivity contribution in [3.63, 3.8) is 0 Å². The van der Waals surface area contributed by atoms with Gasteiger partial charge in [0, 0.05) is 5.56 Å². The lowest BCUT2D eigenvalue weighted by atomic mass is 9.78. The van der Waals surface area contributed by atoms with E-state index >= 15 is 0 Å². The summed E-state index contributed by atoms with van der Waals surface area (Å²) in [7, 11) is 0. The van der Waals surface area contributed by atoms with Gasteiger partial charge in [-0.3, -0.25) is 0 Å². The van der Waals surface area contributed by atoms with E-state index in [-0.39, 0.29) is 5.82 Å². The molecule has 152 valence electrons. The molecule has 1 heteroatoms. The van der Waals surface area contributed by atoms with E-state index in [1.807, 2.05) is 6.07 Å². The number of halogens is 1. The van der Waals surface area contributed by atoms with Gasteiger partial charge in [0.2, 0.25) is 0 Å². The molecule has 0 unspecified atom stereocenters. The van der Waals surface area contributed by atoms with Crippen LogP contribution in [-0.4, -0.2) is 0 Å². The monoisotopic (exact) mass is 388 g/mol. The van der Waals surface area contributed by atoms with Crippen molar-refractivity contribution in [2.45, 2.75) is 63.2 Å². The third-order valence-electron chi connectivity index (χ3n) is 7.37. The second-order valence-corrected chi connectivity index (χ2v) is 9.06. The Morgan fingerprint density at radius 2 is 1.14 bits per heavy atom. The number of allylic oxidation sites excluding steroid dienone is 2. The number of hydrogen-bond acceptors (Lipinski definition) is 0. The second kappa shape index (κ2) is 9.11. The van der Waals surface area contributed by atoms with Gasteiger partial charge in [-0.05, 0) is 97.8 Å². The average molecular weight is 389 g/mol. The van der Waals surface area contributed by atoms with E-state index in [0.717, 1.165) is 29.5 Å². The van der Waals surface area contributed by atoms with Gasteiger partial charge in [-0.25, -0.2) is 4.39 Å². The largest absolute Gasteiger partial charge is 0.206 e. The molecule has 0 saturated heterocycles. The number of benzene rings is 2. The molecule has 2 saturated carbocycles. The molecule has 0 heterocycles. The van der Waals surface area contributed by atoms with E-state index in [1.165, 1.54) is 44.1 Å². The van der Waals surface area contributed by atoms with Gasteiger partial charge in [-0.1, -0.05) is 48.6 Å². The molecule has 2 fully saturated rings. The van der Waals surface area contributed by atoms with E-state index in [4.69, 9.17) is 0 Å². The Hall–Kier alpha value is -2.15. The van der Waals surface area contributed by atoms with Gasteiger partial charge in [0.1, 0.15) is 5.82 Å². The maximum atomic E-state index is 14.9. The normalized spacial score (nSPS) is 27.3. The van der Waals surface area contributed by atoms with Crippen LogP contribution in [0.5, 0.6) is 0 Å². The van der Waals surface area contributed by atoms with Gasteiger partial charge in [0.05, 0.1) is 0 Å². The van der Waals surface area contributed by atoms with Crippen molar-refractivity contribution in [1.82, 2.24) is 0 Å². The molecular formula is C28H33F. The highest BCUT2D eigenvalue weighted by atomic mass is 19.1. The summed E-state index contributed by atoms with van der Waals surface area (Å²) < 4.78 is 14.9. The van der Waals surface area contributed by atoms with Crippen LogP contribution in [0.25, 0.3) is 11.1 Å². The molecule has 0 amide bonds. The van der Waals surface area contributed by atoms with Gasteiger partial charge >= 0.3 is 0 Å². The summed E-state index contributed by atoms with van der Waals surface area (Å²) in [6, 6.07) is 14.5. The molecule has 2 aromatic carbocycles. The third kappa shape index (κ3) is 4.55. The predicted molar refractivity (Wildman–Crippen MR) is 122 cm³/mol. The fraction of sp³-hybridized carbons (Fsp3) is 0.429. The van der Waals surface area contributed by atoms with E-state index in [1.54, 1.807) is 6.07 Å². The summed E-state index contributed by atoms with van der Waals surface area (Å²) in [5.74, 6) is 2.36. The first-order chi connectivity index (χ1) is 14.2. The summed E-state index contributed by atoms with van der Waals surface area (Å²) in [6.07, 6.45) is 13.7.